The Bertz CT molecular complexity index is 1130. The van der Waals surface area contributed by atoms with E-state index in [2.05, 4.69) is 42.8 Å². The largest absolute Gasteiger partial charge is 0.341 e. The van der Waals surface area contributed by atoms with Gasteiger partial charge in [0.15, 0.2) is 0 Å². The first-order chi connectivity index (χ1) is 16.4. The van der Waals surface area contributed by atoms with Crippen LogP contribution < -0.4 is 11.1 Å². The summed E-state index contributed by atoms with van der Waals surface area (Å²) in [6.45, 7) is 11.3. The van der Waals surface area contributed by atoms with Gasteiger partial charge < -0.3 is 20.5 Å². The van der Waals surface area contributed by atoms with Crippen LogP contribution in [0.5, 0.6) is 0 Å². The Hall–Kier alpha value is -3.19. The third-order valence-electron chi connectivity index (χ3n) is 5.97. The Morgan fingerprint density at radius 1 is 1.11 bits per heavy atom. The number of urea groups is 1. The first kappa shape index (κ1) is 26.4. The predicted octanol–water partition coefficient (Wildman–Crippen LogP) is 5.59. The van der Waals surface area contributed by atoms with Crippen molar-refractivity contribution in [1.82, 2.24) is 19.8 Å². The Morgan fingerprint density at radius 3 is 2.37 bits per heavy atom. The molecule has 1 aromatic heterocycles. The zero-order valence-electron chi connectivity index (χ0n) is 21.7. The summed E-state index contributed by atoms with van der Waals surface area (Å²) < 4.78 is 16.1. The fourth-order valence-electron chi connectivity index (χ4n) is 4.24. The number of nitrogens with zero attached hydrogens (tertiary/aromatic N) is 3. The van der Waals surface area contributed by atoms with Crippen molar-refractivity contribution in [3.8, 4) is 11.3 Å². The summed E-state index contributed by atoms with van der Waals surface area (Å²) in [7, 11) is 1.64. The maximum Gasteiger partial charge on any atom is 0.317 e. The summed E-state index contributed by atoms with van der Waals surface area (Å²) in [5, 5.41) is 2.80. The van der Waals surface area contributed by atoms with Crippen molar-refractivity contribution in [1.29, 1.82) is 0 Å². The summed E-state index contributed by atoms with van der Waals surface area (Å²) in [5.41, 5.74) is 7.98. The van der Waals surface area contributed by atoms with Crippen LogP contribution in [0.15, 0.2) is 60.8 Å². The fraction of sp³-hybridized carbons (Fsp3) is 0.429. The van der Waals surface area contributed by atoms with E-state index in [0.717, 1.165) is 11.4 Å². The van der Waals surface area contributed by atoms with E-state index in [1.54, 1.807) is 13.1 Å². The Balaban J connectivity index is 2.17. The lowest BCUT2D eigenvalue weighted by atomic mass is 9.84. The van der Waals surface area contributed by atoms with Crippen LogP contribution in [0.2, 0.25) is 0 Å². The van der Waals surface area contributed by atoms with Crippen LogP contribution in [-0.2, 0) is 6.54 Å². The van der Waals surface area contributed by atoms with Crippen LogP contribution in [0.25, 0.3) is 11.3 Å². The smallest absolute Gasteiger partial charge is 0.317 e. The second-order valence-electron chi connectivity index (χ2n) is 10.9. The van der Waals surface area contributed by atoms with Gasteiger partial charge in [0.1, 0.15) is 11.6 Å². The van der Waals surface area contributed by atoms with E-state index in [9.17, 15) is 9.18 Å². The number of nitrogens with one attached hydrogen (secondary N) is 1. The lowest BCUT2D eigenvalue weighted by Crippen LogP contribution is -2.48. The topological polar surface area (TPSA) is 76.2 Å². The molecule has 188 valence electrons. The minimum atomic E-state index is -0.430. The van der Waals surface area contributed by atoms with E-state index in [0.29, 0.717) is 30.8 Å². The number of benzene rings is 2. The zero-order valence-corrected chi connectivity index (χ0v) is 21.7. The fourth-order valence-corrected chi connectivity index (χ4v) is 4.24. The van der Waals surface area contributed by atoms with Crippen molar-refractivity contribution in [2.24, 2.45) is 11.1 Å². The number of rotatable bonds is 8. The van der Waals surface area contributed by atoms with E-state index in [4.69, 9.17) is 10.7 Å². The van der Waals surface area contributed by atoms with E-state index in [-0.39, 0.29) is 23.3 Å². The van der Waals surface area contributed by atoms with Gasteiger partial charge in [-0.2, -0.15) is 0 Å². The highest BCUT2D eigenvalue weighted by molar-refractivity contribution is 5.74. The summed E-state index contributed by atoms with van der Waals surface area (Å²) in [4.78, 5) is 20.0. The number of amides is 2. The van der Waals surface area contributed by atoms with Crippen LogP contribution in [-0.4, -0.2) is 39.6 Å². The van der Waals surface area contributed by atoms with Gasteiger partial charge in [0.2, 0.25) is 0 Å². The van der Waals surface area contributed by atoms with E-state index < -0.39 is 5.54 Å². The Morgan fingerprint density at radius 2 is 1.80 bits per heavy atom. The summed E-state index contributed by atoms with van der Waals surface area (Å²) in [5.74, 6) is 0.435. The number of aromatic nitrogens is 2. The summed E-state index contributed by atoms with van der Waals surface area (Å²) in [6, 6.07) is 16.0. The molecule has 0 aliphatic carbocycles. The molecule has 0 aliphatic heterocycles. The molecule has 6 nitrogen and oxygen atoms in total. The second kappa shape index (κ2) is 10.6. The average Bonchev–Trinajstić information content (AvgIpc) is 3.18. The van der Waals surface area contributed by atoms with E-state index in [1.807, 2.05) is 49.2 Å². The molecule has 1 unspecified atom stereocenters. The molecule has 0 radical (unpaired) electrons. The number of carbonyl (C=O) groups is 1. The molecule has 0 bridgehead atoms. The number of hydrogen-bond acceptors (Lipinski definition) is 3. The monoisotopic (exact) mass is 479 g/mol. The summed E-state index contributed by atoms with van der Waals surface area (Å²) in [6.07, 6.45) is 2.58. The van der Waals surface area contributed by atoms with Crippen molar-refractivity contribution >= 4 is 6.03 Å². The molecule has 1 heterocycles. The van der Waals surface area contributed by atoms with Crippen molar-refractivity contribution in [3.63, 3.8) is 0 Å². The normalized spacial score (nSPS) is 12.9. The van der Waals surface area contributed by atoms with Gasteiger partial charge in [-0.1, -0.05) is 63.2 Å². The van der Waals surface area contributed by atoms with Gasteiger partial charge in [-0.05, 0) is 43.4 Å². The molecule has 1 atom stereocenters. The van der Waals surface area contributed by atoms with Gasteiger partial charge in [-0.3, -0.25) is 0 Å². The molecule has 2 amide bonds. The minimum absolute atomic E-state index is 0.184. The van der Waals surface area contributed by atoms with Crippen molar-refractivity contribution in [2.75, 3.05) is 13.6 Å². The van der Waals surface area contributed by atoms with Gasteiger partial charge in [0.25, 0.3) is 0 Å². The van der Waals surface area contributed by atoms with Crippen LogP contribution in [0.1, 0.15) is 58.5 Å². The molecule has 2 aromatic carbocycles. The minimum Gasteiger partial charge on any atom is -0.341 e. The van der Waals surface area contributed by atoms with Gasteiger partial charge >= 0.3 is 6.03 Å². The molecule has 0 fully saturated rings. The van der Waals surface area contributed by atoms with Crippen LogP contribution in [0, 0.1) is 11.2 Å². The molecule has 35 heavy (non-hydrogen) atoms. The van der Waals surface area contributed by atoms with E-state index >= 15 is 0 Å². The quantitative estimate of drug-likeness (QED) is 0.442. The first-order valence-electron chi connectivity index (χ1n) is 12.0. The molecule has 3 N–H and O–H groups in total. The van der Waals surface area contributed by atoms with Crippen LogP contribution >= 0.6 is 0 Å². The summed E-state index contributed by atoms with van der Waals surface area (Å²) >= 11 is 0. The van der Waals surface area contributed by atoms with Crippen molar-refractivity contribution in [2.45, 2.75) is 59.2 Å². The molecule has 0 spiro atoms. The van der Waals surface area contributed by atoms with Gasteiger partial charge in [0, 0.05) is 37.4 Å². The molecule has 0 saturated carbocycles. The number of carbonyl (C=O) groups excluding carboxylic acids is 1. The van der Waals surface area contributed by atoms with E-state index in [1.165, 1.54) is 12.1 Å². The molecular formula is C28H38FN5O. The lowest BCUT2D eigenvalue weighted by Gasteiger charge is -2.40. The maximum absolute atomic E-state index is 14.0. The van der Waals surface area contributed by atoms with Gasteiger partial charge in [0.05, 0.1) is 11.7 Å². The molecule has 0 saturated heterocycles. The van der Waals surface area contributed by atoms with Crippen molar-refractivity contribution in [3.05, 3.63) is 78.0 Å². The first-order valence-corrected chi connectivity index (χ1v) is 12.0. The molecule has 7 heteroatoms. The molecule has 0 aliphatic rings. The standard InChI is InChI=1S/C28H38FN5O/c1-27(2,3)24(34(26(35)31-6)16-15-28(4,5)30)25-32-23(21-13-10-14-22(29)17-21)19-33(25)18-20-11-8-7-9-12-20/h7-14,17,19,24H,15-16,18,30H2,1-6H3,(H,31,35). The number of nitrogens with two attached hydrogens (primary N) is 1. The third kappa shape index (κ3) is 6.92. The Labute approximate surface area is 208 Å². The number of imidazole rings is 1. The Kier molecular flexibility index (Phi) is 8.00. The molecule has 3 rings (SSSR count). The highest BCUT2D eigenvalue weighted by Gasteiger charge is 2.38. The third-order valence-corrected chi connectivity index (χ3v) is 5.97. The number of halogens is 1. The molecule has 3 aromatic rings. The predicted molar refractivity (Wildman–Crippen MR) is 139 cm³/mol. The highest BCUT2D eigenvalue weighted by Crippen LogP contribution is 2.39. The average molecular weight is 480 g/mol. The highest BCUT2D eigenvalue weighted by atomic mass is 19.1. The van der Waals surface area contributed by atoms with Crippen molar-refractivity contribution < 1.29 is 9.18 Å². The van der Waals surface area contributed by atoms with Gasteiger partial charge in [-0.15, -0.1) is 0 Å². The lowest BCUT2D eigenvalue weighted by molar-refractivity contribution is 0.104. The second-order valence-corrected chi connectivity index (χ2v) is 10.9. The maximum atomic E-state index is 14.0. The van der Waals surface area contributed by atoms with Crippen LogP contribution in [0.3, 0.4) is 0 Å². The molecular weight excluding hydrogens is 441 g/mol. The van der Waals surface area contributed by atoms with Crippen LogP contribution in [0.4, 0.5) is 9.18 Å². The number of hydrogen-bond donors (Lipinski definition) is 2. The zero-order chi connectivity index (χ0) is 25.8. The van der Waals surface area contributed by atoms with Gasteiger partial charge in [-0.25, -0.2) is 14.2 Å². The SMILES string of the molecule is CNC(=O)N(CCC(C)(C)N)C(c1nc(-c2cccc(F)c2)cn1Cc1ccccc1)C(C)(C)C.